The molecule has 4 nitrogen and oxygen atoms in total. The van der Waals surface area contributed by atoms with Crippen LogP contribution in [0.25, 0.3) is 142 Å². The Morgan fingerprint density at radius 1 is 0.241 bits per heavy atom. The van der Waals surface area contributed by atoms with Crippen molar-refractivity contribution in [2.45, 2.75) is 0 Å². The monoisotopic (exact) mass is 732 g/mol. The number of nitrogens with zero attached hydrogens (tertiary/aromatic N) is 4. The molecular weight excluding hydrogens is 705 g/mol. The van der Waals surface area contributed by atoms with Crippen LogP contribution in [-0.4, -0.2) is 19.9 Å². The molecule has 0 bridgehead atoms. The standard InChI is InChI=1S/C54H28N4/c1-5-29-6-2-10-37-44-21-46-42(19-43(44)36(9-1)51(29)37)35-13-14-39-45(41(35)20-47(46)49-27-57-25-31-23-55-17-15-33(31)49)22-48-38-11-3-7-30-8-4-12-40(52(30)38)54(48)53(39)50-28-58-26-32-24-56-18-16-34(32)50/h1-28H. The fourth-order valence-corrected chi connectivity index (χ4v) is 10.6. The van der Waals surface area contributed by atoms with Gasteiger partial charge in [-0.15, -0.1) is 0 Å². The minimum atomic E-state index is 1.02. The quantitative estimate of drug-likeness (QED) is 0.166. The fraction of sp³-hybridized carbons (Fsp3) is 0. The van der Waals surface area contributed by atoms with Gasteiger partial charge in [0.25, 0.3) is 0 Å². The highest BCUT2D eigenvalue weighted by molar-refractivity contribution is 6.31. The van der Waals surface area contributed by atoms with Crippen molar-refractivity contribution in [3.63, 3.8) is 0 Å². The van der Waals surface area contributed by atoms with Crippen LogP contribution < -0.4 is 0 Å². The first kappa shape index (κ1) is 30.4. The van der Waals surface area contributed by atoms with Crippen LogP contribution in [0.5, 0.6) is 0 Å². The zero-order valence-electron chi connectivity index (χ0n) is 31.0. The highest BCUT2D eigenvalue weighted by Crippen LogP contribution is 2.56. The average molecular weight is 733 g/mol. The lowest BCUT2D eigenvalue weighted by Gasteiger charge is -2.20. The first-order valence-electron chi connectivity index (χ1n) is 19.7. The largest absolute Gasteiger partial charge is 0.264 e. The van der Waals surface area contributed by atoms with Gasteiger partial charge < -0.3 is 0 Å². The molecule has 264 valence electrons. The molecule has 0 aliphatic heterocycles. The van der Waals surface area contributed by atoms with Crippen molar-refractivity contribution in [1.29, 1.82) is 0 Å². The molecule has 4 heteroatoms. The molecule has 8 aromatic carbocycles. The van der Waals surface area contributed by atoms with Gasteiger partial charge in [0.2, 0.25) is 0 Å². The van der Waals surface area contributed by atoms with Gasteiger partial charge in [0.1, 0.15) is 0 Å². The molecule has 12 aromatic rings. The van der Waals surface area contributed by atoms with E-state index in [9.17, 15) is 0 Å². The zero-order chi connectivity index (χ0) is 37.6. The molecule has 14 rings (SSSR count). The molecule has 4 heterocycles. The molecule has 0 saturated carbocycles. The molecule has 0 radical (unpaired) electrons. The average Bonchev–Trinajstić information content (AvgIpc) is 3.78. The summed E-state index contributed by atoms with van der Waals surface area (Å²) >= 11 is 0. The van der Waals surface area contributed by atoms with Crippen molar-refractivity contribution in [1.82, 2.24) is 19.9 Å². The Hall–Kier alpha value is -7.82. The van der Waals surface area contributed by atoms with Crippen molar-refractivity contribution in [2.24, 2.45) is 0 Å². The summed E-state index contributed by atoms with van der Waals surface area (Å²) < 4.78 is 0. The van der Waals surface area contributed by atoms with Gasteiger partial charge in [-0.25, -0.2) is 0 Å². The third-order valence-electron chi connectivity index (χ3n) is 13.0. The van der Waals surface area contributed by atoms with E-state index in [1.807, 2.05) is 49.6 Å². The van der Waals surface area contributed by atoms with Crippen LogP contribution in [-0.2, 0) is 0 Å². The number of fused-ring (bicyclic) bond motifs is 13. The molecule has 0 N–H and O–H groups in total. The van der Waals surface area contributed by atoms with E-state index in [1.54, 1.807) is 0 Å². The van der Waals surface area contributed by atoms with Gasteiger partial charge in [-0.1, -0.05) is 84.9 Å². The lowest BCUT2D eigenvalue weighted by molar-refractivity contribution is 1.32. The first-order chi connectivity index (χ1) is 28.8. The highest BCUT2D eigenvalue weighted by Gasteiger charge is 2.29. The van der Waals surface area contributed by atoms with Gasteiger partial charge in [0, 0.05) is 77.0 Å². The Balaban J connectivity index is 1.19. The summed E-state index contributed by atoms with van der Waals surface area (Å²) in [6, 6.07) is 45.7. The van der Waals surface area contributed by atoms with Gasteiger partial charge in [0.05, 0.1) is 0 Å². The van der Waals surface area contributed by atoms with Gasteiger partial charge in [0.15, 0.2) is 0 Å². The summed E-state index contributed by atoms with van der Waals surface area (Å²) in [5.74, 6) is 0. The molecule has 0 amide bonds. The second-order valence-corrected chi connectivity index (χ2v) is 15.8. The summed E-state index contributed by atoms with van der Waals surface area (Å²) in [5.41, 5.74) is 14.8. The van der Waals surface area contributed by atoms with Gasteiger partial charge in [-0.05, 0) is 151 Å². The maximum atomic E-state index is 4.82. The maximum Gasteiger partial charge on any atom is 0.0362 e. The summed E-state index contributed by atoms with van der Waals surface area (Å²) in [5, 5.41) is 16.8. The van der Waals surface area contributed by atoms with Crippen LogP contribution in [0.15, 0.2) is 171 Å². The fourth-order valence-electron chi connectivity index (χ4n) is 10.6. The Morgan fingerprint density at radius 2 is 0.724 bits per heavy atom. The van der Waals surface area contributed by atoms with E-state index >= 15 is 0 Å². The molecule has 0 saturated heterocycles. The number of pyridine rings is 4. The third kappa shape index (κ3) is 3.84. The van der Waals surface area contributed by atoms with E-state index in [-0.39, 0.29) is 0 Å². The molecule has 2 aliphatic carbocycles. The number of rotatable bonds is 2. The predicted octanol–water partition coefficient (Wildman–Crippen LogP) is 14.0. The van der Waals surface area contributed by atoms with Crippen LogP contribution >= 0.6 is 0 Å². The van der Waals surface area contributed by atoms with E-state index in [1.165, 1.54) is 104 Å². The molecule has 0 fully saturated rings. The van der Waals surface area contributed by atoms with Crippen LogP contribution in [0.4, 0.5) is 0 Å². The Kier molecular flexibility index (Phi) is 5.73. The van der Waals surface area contributed by atoms with Crippen molar-refractivity contribution < 1.29 is 0 Å². The zero-order valence-corrected chi connectivity index (χ0v) is 31.0. The summed E-state index contributed by atoms with van der Waals surface area (Å²) in [6.45, 7) is 0. The van der Waals surface area contributed by atoms with E-state index < -0.39 is 0 Å². The number of hydrogen-bond donors (Lipinski definition) is 0. The molecule has 4 aromatic heterocycles. The summed E-state index contributed by atoms with van der Waals surface area (Å²) in [7, 11) is 0. The molecule has 0 spiro atoms. The Labute approximate surface area is 331 Å². The van der Waals surface area contributed by atoms with Crippen molar-refractivity contribution in [3.05, 3.63) is 171 Å². The number of hydrogen-bond acceptors (Lipinski definition) is 4. The summed E-state index contributed by atoms with van der Waals surface area (Å²) in [6.07, 6.45) is 15.5. The molecule has 0 unspecified atom stereocenters. The van der Waals surface area contributed by atoms with Gasteiger partial charge in [-0.2, -0.15) is 0 Å². The minimum Gasteiger partial charge on any atom is -0.264 e. The normalized spacial score (nSPS) is 12.5. The van der Waals surface area contributed by atoms with E-state index in [4.69, 9.17) is 9.97 Å². The number of aromatic nitrogens is 4. The summed E-state index contributed by atoms with van der Waals surface area (Å²) in [4.78, 5) is 18.6. The van der Waals surface area contributed by atoms with Crippen molar-refractivity contribution in [3.8, 4) is 66.8 Å². The molecule has 2 aliphatic rings. The smallest absolute Gasteiger partial charge is 0.0362 e. The van der Waals surface area contributed by atoms with Crippen molar-refractivity contribution in [2.75, 3.05) is 0 Å². The van der Waals surface area contributed by atoms with Gasteiger partial charge in [-0.3, -0.25) is 19.9 Å². The maximum absolute atomic E-state index is 4.82. The first-order valence-corrected chi connectivity index (χ1v) is 19.7. The molecular formula is C54H28N4. The minimum absolute atomic E-state index is 1.02. The van der Waals surface area contributed by atoms with Crippen LogP contribution in [0.2, 0.25) is 0 Å². The van der Waals surface area contributed by atoms with Gasteiger partial charge >= 0.3 is 0 Å². The van der Waals surface area contributed by atoms with Crippen LogP contribution in [0, 0.1) is 0 Å². The van der Waals surface area contributed by atoms with Crippen molar-refractivity contribution >= 4 is 75.4 Å². The molecule has 58 heavy (non-hydrogen) atoms. The van der Waals surface area contributed by atoms with E-state index in [2.05, 4.69) is 131 Å². The Morgan fingerprint density at radius 3 is 1.41 bits per heavy atom. The SMILES string of the molecule is c1cc2c3c(cccc3c1)-c1cc3c(cc1-2)c(-c1cncc2cnccc12)cc1c2cc4c(c(-c5cncc6cnccc56)c2ccc31)-c1cccc2cccc-4c12. The second kappa shape index (κ2) is 10.9. The topological polar surface area (TPSA) is 51.6 Å². The third-order valence-corrected chi connectivity index (χ3v) is 13.0. The highest BCUT2D eigenvalue weighted by atomic mass is 14.7. The molecule has 0 atom stereocenters. The lowest BCUT2D eigenvalue weighted by Crippen LogP contribution is -1.94. The number of benzene rings is 8. The van der Waals surface area contributed by atoms with E-state index in [0.717, 1.165) is 38.2 Å². The van der Waals surface area contributed by atoms with E-state index in [0.29, 0.717) is 0 Å². The Bertz CT molecular complexity index is 3840. The van der Waals surface area contributed by atoms with Crippen LogP contribution in [0.3, 0.4) is 0 Å². The lowest BCUT2D eigenvalue weighted by atomic mass is 9.83. The predicted molar refractivity (Wildman–Crippen MR) is 240 cm³/mol. The second-order valence-electron chi connectivity index (χ2n) is 15.8. The van der Waals surface area contributed by atoms with Crippen LogP contribution in [0.1, 0.15) is 0 Å².